The minimum atomic E-state index is -0.693. The molecule has 330 valence electrons. The molecule has 4 aromatic carbocycles. The van der Waals surface area contributed by atoms with Gasteiger partial charge in [-0.05, 0) is 73.2 Å². The Labute approximate surface area is 381 Å². The van der Waals surface area contributed by atoms with Gasteiger partial charge in [-0.3, -0.25) is 0 Å². The molecule has 0 saturated carbocycles. The molecule has 0 spiro atoms. The molecule has 0 bridgehead atoms. The maximum absolute atomic E-state index is 12.2. The molecule has 0 unspecified atom stereocenters. The quantitative estimate of drug-likeness (QED) is 0.0263. The Kier molecular flexibility index (Phi) is 21.0. The summed E-state index contributed by atoms with van der Waals surface area (Å²) in [7, 11) is 0. The molecule has 63 heavy (non-hydrogen) atoms. The van der Waals surface area contributed by atoms with Crippen molar-refractivity contribution in [3.05, 3.63) is 145 Å². The summed E-state index contributed by atoms with van der Waals surface area (Å²) < 4.78 is 22.1. The van der Waals surface area contributed by atoms with Crippen LogP contribution in [0.25, 0.3) is 22.3 Å². The lowest BCUT2D eigenvalue weighted by Crippen LogP contribution is -2.26. The number of thioether (sulfide) groups is 2. The van der Waals surface area contributed by atoms with Crippen molar-refractivity contribution in [2.75, 3.05) is 11.5 Å². The second-order valence-electron chi connectivity index (χ2n) is 14.7. The fourth-order valence-electron chi connectivity index (χ4n) is 5.94. The zero-order valence-corrected chi connectivity index (χ0v) is 38.3. The number of unbranched alkanes of at least 4 members (excludes halogenated alkanes) is 5. The highest BCUT2D eigenvalue weighted by Gasteiger charge is 2.18. The van der Waals surface area contributed by atoms with Gasteiger partial charge >= 0.3 is 11.9 Å². The molecule has 0 N–H and O–H groups in total. The predicted octanol–water partition coefficient (Wildman–Crippen LogP) is 12.3. The third-order valence-electron chi connectivity index (χ3n) is 9.58. The first-order chi connectivity index (χ1) is 30.8. The molecular formula is C51H58N4O6S2. The van der Waals surface area contributed by atoms with Gasteiger partial charge in [0.05, 0.1) is 0 Å². The van der Waals surface area contributed by atoms with Crippen LogP contribution in [0.15, 0.2) is 144 Å². The van der Waals surface area contributed by atoms with E-state index in [1.54, 1.807) is 37.4 Å². The normalized spacial score (nSPS) is 11.7. The SMILES string of the molecule is CCCCCCSc1ncc(-c2ccc(O[C@H](C)C(=O)OCc3ccccc3)cc2)cn1.CCCCCSc1ncc(-c2ccc(O[C@H](C)C(=O)OCc3ccccc3)cc2)cn1. The van der Waals surface area contributed by atoms with Crippen LogP contribution in [0.5, 0.6) is 11.5 Å². The van der Waals surface area contributed by atoms with Gasteiger partial charge in [-0.15, -0.1) is 0 Å². The first-order valence-electron chi connectivity index (χ1n) is 21.7. The lowest BCUT2D eigenvalue weighted by Gasteiger charge is -2.14. The fourth-order valence-corrected chi connectivity index (χ4v) is 7.51. The van der Waals surface area contributed by atoms with Crippen molar-refractivity contribution in [3.8, 4) is 33.8 Å². The fraction of sp³-hybridized carbons (Fsp3) is 0.333. The Morgan fingerprint density at radius 3 is 1.22 bits per heavy atom. The predicted molar refractivity (Wildman–Crippen MR) is 253 cm³/mol. The largest absolute Gasteiger partial charge is 0.479 e. The van der Waals surface area contributed by atoms with Crippen molar-refractivity contribution in [1.29, 1.82) is 0 Å². The van der Waals surface area contributed by atoms with Crippen LogP contribution in [0.2, 0.25) is 0 Å². The molecule has 10 nitrogen and oxygen atoms in total. The van der Waals surface area contributed by atoms with Gasteiger partial charge in [0.25, 0.3) is 0 Å². The molecule has 0 aliphatic heterocycles. The van der Waals surface area contributed by atoms with Gasteiger partial charge in [-0.1, -0.05) is 154 Å². The summed E-state index contributed by atoms with van der Waals surface area (Å²) in [5.41, 5.74) is 5.77. The minimum absolute atomic E-state index is 0.235. The minimum Gasteiger partial charge on any atom is -0.479 e. The molecule has 2 aromatic heterocycles. The average molecular weight is 887 g/mol. The summed E-state index contributed by atoms with van der Waals surface area (Å²) in [6.45, 7) is 8.26. The van der Waals surface area contributed by atoms with Crippen molar-refractivity contribution in [1.82, 2.24) is 19.9 Å². The molecule has 0 radical (unpaired) electrons. The average Bonchev–Trinajstić information content (AvgIpc) is 3.33. The van der Waals surface area contributed by atoms with Gasteiger partial charge in [-0.25, -0.2) is 29.5 Å². The Morgan fingerprint density at radius 2 is 0.841 bits per heavy atom. The Bertz CT molecular complexity index is 2200. The third kappa shape index (κ3) is 17.5. The van der Waals surface area contributed by atoms with Crippen LogP contribution >= 0.6 is 23.5 Å². The van der Waals surface area contributed by atoms with E-state index >= 15 is 0 Å². The van der Waals surface area contributed by atoms with Crippen LogP contribution in [0.3, 0.4) is 0 Å². The van der Waals surface area contributed by atoms with Crippen molar-refractivity contribution in [2.45, 2.75) is 108 Å². The third-order valence-corrected chi connectivity index (χ3v) is 11.5. The topological polar surface area (TPSA) is 123 Å². The van der Waals surface area contributed by atoms with Gasteiger partial charge in [-0.2, -0.15) is 0 Å². The van der Waals surface area contributed by atoms with Crippen molar-refractivity contribution >= 4 is 35.5 Å². The number of hydrogen-bond acceptors (Lipinski definition) is 12. The van der Waals surface area contributed by atoms with Crippen molar-refractivity contribution < 1.29 is 28.5 Å². The highest BCUT2D eigenvalue weighted by Crippen LogP contribution is 2.26. The summed E-state index contributed by atoms with van der Waals surface area (Å²) in [6, 6.07) is 34.3. The zero-order chi connectivity index (χ0) is 44.5. The molecule has 2 heterocycles. The van der Waals surface area contributed by atoms with E-state index in [9.17, 15) is 9.59 Å². The molecule has 6 aromatic rings. The highest BCUT2D eigenvalue weighted by molar-refractivity contribution is 7.99. The molecule has 0 amide bonds. The van der Waals surface area contributed by atoms with E-state index in [1.165, 1.54) is 44.9 Å². The molecule has 0 saturated heterocycles. The van der Waals surface area contributed by atoms with Crippen molar-refractivity contribution in [2.24, 2.45) is 0 Å². The molecule has 2 atom stereocenters. The van der Waals surface area contributed by atoms with Crippen LogP contribution in [0.1, 0.15) is 83.8 Å². The lowest BCUT2D eigenvalue weighted by molar-refractivity contribution is -0.153. The monoisotopic (exact) mass is 886 g/mol. The van der Waals surface area contributed by atoms with E-state index in [-0.39, 0.29) is 13.2 Å². The van der Waals surface area contributed by atoms with E-state index < -0.39 is 24.1 Å². The summed E-state index contributed by atoms with van der Waals surface area (Å²) in [6.07, 6.45) is 14.6. The van der Waals surface area contributed by atoms with E-state index in [0.717, 1.165) is 55.2 Å². The van der Waals surface area contributed by atoms with E-state index in [1.807, 2.05) is 134 Å². The number of carbonyl (C=O) groups is 2. The summed E-state index contributed by atoms with van der Waals surface area (Å²) >= 11 is 3.40. The number of aromatic nitrogens is 4. The van der Waals surface area contributed by atoms with Gasteiger partial charge in [0.1, 0.15) is 24.7 Å². The Hall–Kier alpha value is -5.72. The van der Waals surface area contributed by atoms with Crippen LogP contribution in [-0.4, -0.2) is 55.6 Å². The first kappa shape index (κ1) is 48.3. The maximum Gasteiger partial charge on any atom is 0.347 e. The van der Waals surface area contributed by atoms with E-state index in [2.05, 4.69) is 33.8 Å². The van der Waals surface area contributed by atoms with Gasteiger partial charge in [0.2, 0.25) is 0 Å². The number of rotatable bonds is 23. The molecule has 6 rings (SSSR count). The Morgan fingerprint density at radius 1 is 0.476 bits per heavy atom. The lowest BCUT2D eigenvalue weighted by atomic mass is 10.1. The van der Waals surface area contributed by atoms with Crippen LogP contribution in [-0.2, 0) is 32.3 Å². The maximum atomic E-state index is 12.2. The Balaban J connectivity index is 0.000000238. The van der Waals surface area contributed by atoms with Crippen LogP contribution in [0.4, 0.5) is 0 Å². The number of ether oxygens (including phenoxy) is 4. The van der Waals surface area contributed by atoms with Gasteiger partial charge in [0, 0.05) is 47.4 Å². The number of carbonyl (C=O) groups excluding carboxylic acids is 2. The number of benzene rings is 4. The van der Waals surface area contributed by atoms with Crippen molar-refractivity contribution in [3.63, 3.8) is 0 Å². The molecule has 0 fully saturated rings. The summed E-state index contributed by atoms with van der Waals surface area (Å²) in [5.74, 6) is 2.53. The highest BCUT2D eigenvalue weighted by atomic mass is 32.2. The molecule has 0 aliphatic rings. The van der Waals surface area contributed by atoms with Gasteiger partial charge < -0.3 is 18.9 Å². The van der Waals surface area contributed by atoms with E-state index in [0.29, 0.717) is 11.5 Å². The number of esters is 2. The van der Waals surface area contributed by atoms with Gasteiger partial charge in [0.15, 0.2) is 22.5 Å². The molecule has 12 heteroatoms. The standard InChI is InChI=1S/C26H30N2O3S.C25H28N2O3S/c1-3-4-5-9-16-32-26-27-17-23(18-28-26)22-12-14-24(15-13-22)31-20(2)25(29)30-19-21-10-7-6-8-11-21;1-3-4-8-15-31-25-26-16-22(17-27-25)21-11-13-23(14-12-21)30-19(2)24(28)29-18-20-9-6-5-7-10-20/h6-8,10-15,17-18,20H,3-5,9,16,19H2,1-2H3;5-7,9-14,16-17,19H,3-4,8,15,18H2,1-2H3/t20-;19-/m11/s1. The zero-order valence-electron chi connectivity index (χ0n) is 36.7. The smallest absolute Gasteiger partial charge is 0.347 e. The summed E-state index contributed by atoms with van der Waals surface area (Å²) in [4.78, 5) is 42.2. The van der Waals surface area contributed by atoms with E-state index in [4.69, 9.17) is 18.9 Å². The second kappa shape index (κ2) is 27.4. The number of nitrogens with zero attached hydrogens (tertiary/aromatic N) is 4. The summed E-state index contributed by atoms with van der Waals surface area (Å²) in [5, 5.41) is 1.62. The number of hydrogen-bond donors (Lipinski definition) is 0. The van der Waals surface area contributed by atoms with Crippen LogP contribution in [0, 0.1) is 0 Å². The molecule has 0 aliphatic carbocycles. The van der Waals surface area contributed by atoms with Crippen LogP contribution < -0.4 is 9.47 Å². The second-order valence-corrected chi connectivity index (χ2v) is 16.9. The molecular weight excluding hydrogens is 829 g/mol. The first-order valence-corrected chi connectivity index (χ1v) is 23.6.